The van der Waals surface area contributed by atoms with E-state index < -0.39 is 79.3 Å². The number of hydrogen-bond donors (Lipinski definition) is 0. The summed E-state index contributed by atoms with van der Waals surface area (Å²) in [4.78, 5) is 36.9. The lowest BCUT2D eigenvalue weighted by Gasteiger charge is -2.48. The first kappa shape index (κ1) is 36.2. The molecule has 256 valence electrons. The van der Waals surface area contributed by atoms with Crippen molar-refractivity contribution in [3.8, 4) is 0 Å². The first-order chi connectivity index (χ1) is 22.6. The maximum Gasteiger partial charge on any atom is 0.303 e. The van der Waals surface area contributed by atoms with E-state index in [4.69, 9.17) is 42.6 Å². The summed E-state index contributed by atoms with van der Waals surface area (Å²) in [5, 5.41) is 0. The van der Waals surface area contributed by atoms with Gasteiger partial charge in [-0.3, -0.25) is 14.4 Å². The first-order valence-corrected chi connectivity index (χ1v) is 15.6. The van der Waals surface area contributed by atoms with Gasteiger partial charge in [0.25, 0.3) is 0 Å². The lowest BCUT2D eigenvalue weighted by molar-refractivity contribution is -0.368. The summed E-state index contributed by atoms with van der Waals surface area (Å²) in [5.41, 5.74) is 1.72. The average molecular weight is 657 g/mol. The average Bonchev–Trinajstić information content (AvgIpc) is 3.03. The van der Waals surface area contributed by atoms with Crippen molar-refractivity contribution in [3.05, 3.63) is 84.4 Å². The first-order valence-electron chi connectivity index (χ1n) is 15.6. The van der Waals surface area contributed by atoms with Gasteiger partial charge in [0.15, 0.2) is 30.9 Å². The summed E-state index contributed by atoms with van der Waals surface area (Å²) in [6.45, 7) is 11.4. The number of rotatable bonds is 14. The predicted molar refractivity (Wildman–Crippen MR) is 166 cm³/mol. The van der Waals surface area contributed by atoms with Crippen LogP contribution in [0.3, 0.4) is 0 Å². The zero-order chi connectivity index (χ0) is 33.9. The SMILES string of the molecule is C=CCO[C@H]1O[C@H](C)[C@@H](OC(C)=O)[C@H](OCc2ccccc2)[C@H]1O[C@@H]1O[C@H](C)[C@@H](OC(C)=O)[C@H](OCc2ccccc2)[C@H]1OC(C)=O. The Morgan fingerprint density at radius 3 is 1.49 bits per heavy atom. The van der Waals surface area contributed by atoms with Crippen molar-refractivity contribution in [3.63, 3.8) is 0 Å². The van der Waals surface area contributed by atoms with Crippen LogP contribution in [-0.2, 0) is 70.2 Å². The van der Waals surface area contributed by atoms with Gasteiger partial charge in [-0.2, -0.15) is 0 Å². The minimum Gasteiger partial charge on any atom is -0.457 e. The van der Waals surface area contributed by atoms with Crippen LogP contribution >= 0.6 is 0 Å². The van der Waals surface area contributed by atoms with Crippen molar-refractivity contribution in [1.29, 1.82) is 0 Å². The van der Waals surface area contributed by atoms with E-state index in [-0.39, 0.29) is 19.8 Å². The summed E-state index contributed by atoms with van der Waals surface area (Å²) in [5.74, 6) is -1.74. The summed E-state index contributed by atoms with van der Waals surface area (Å²) in [6.07, 6.45) is -8.24. The molecule has 0 saturated carbocycles. The van der Waals surface area contributed by atoms with Gasteiger partial charge in [0.05, 0.1) is 32.0 Å². The zero-order valence-electron chi connectivity index (χ0n) is 27.4. The maximum atomic E-state index is 12.5. The molecule has 2 aromatic rings. The summed E-state index contributed by atoms with van der Waals surface area (Å²) in [7, 11) is 0. The monoisotopic (exact) mass is 656 g/mol. The van der Waals surface area contributed by atoms with Gasteiger partial charge in [0.1, 0.15) is 18.3 Å². The number of ether oxygens (including phenoxy) is 9. The van der Waals surface area contributed by atoms with Crippen molar-refractivity contribution in [2.24, 2.45) is 0 Å². The molecule has 0 aromatic heterocycles. The van der Waals surface area contributed by atoms with Crippen molar-refractivity contribution >= 4 is 17.9 Å². The largest absolute Gasteiger partial charge is 0.457 e. The van der Waals surface area contributed by atoms with Gasteiger partial charge in [0.2, 0.25) is 0 Å². The lowest BCUT2D eigenvalue weighted by atomic mass is 9.96. The van der Waals surface area contributed by atoms with Crippen LogP contribution in [0.2, 0.25) is 0 Å². The van der Waals surface area contributed by atoms with Crippen LogP contribution in [0.1, 0.15) is 45.7 Å². The van der Waals surface area contributed by atoms with Crippen LogP contribution in [0.25, 0.3) is 0 Å². The summed E-state index contributed by atoms with van der Waals surface area (Å²) < 4.78 is 54.9. The Balaban J connectivity index is 1.70. The van der Waals surface area contributed by atoms with Crippen LogP contribution in [0, 0.1) is 0 Å². The normalized spacial score (nSPS) is 30.6. The minimum atomic E-state index is -1.28. The zero-order valence-corrected chi connectivity index (χ0v) is 27.4. The Morgan fingerprint density at radius 1 is 0.617 bits per heavy atom. The van der Waals surface area contributed by atoms with Gasteiger partial charge < -0.3 is 42.6 Å². The lowest BCUT2D eigenvalue weighted by Crippen LogP contribution is -2.65. The van der Waals surface area contributed by atoms with Crippen LogP contribution in [0.15, 0.2) is 73.3 Å². The molecular formula is C35H44O12. The molecule has 2 aliphatic heterocycles. The molecule has 2 aliphatic rings. The predicted octanol–water partition coefficient (Wildman–Crippen LogP) is 4.03. The van der Waals surface area contributed by atoms with Gasteiger partial charge in [0, 0.05) is 20.8 Å². The standard InChI is InChI=1S/C35H44O12/c1-7-18-39-34-32(30(28(21(2)42-34)44-23(4)36)40-19-26-14-10-8-11-15-26)47-35-33(46-25(6)38)31(29(22(3)43-35)45-24(5)37)41-20-27-16-12-9-13-17-27/h7-17,21-22,28-35H,1,18-20H2,2-6H3/t21-,22-,28-,29-,30+,31+,32-,33-,34+,35+/m1/s1. The molecule has 12 nitrogen and oxygen atoms in total. The van der Waals surface area contributed by atoms with E-state index in [1.165, 1.54) is 20.8 Å². The number of benzene rings is 2. The molecule has 2 fully saturated rings. The number of esters is 3. The molecular weight excluding hydrogens is 612 g/mol. The second-order valence-corrected chi connectivity index (χ2v) is 11.4. The van der Waals surface area contributed by atoms with Crippen LogP contribution in [0.4, 0.5) is 0 Å². The molecule has 10 atom stereocenters. The summed E-state index contributed by atoms with van der Waals surface area (Å²) in [6, 6.07) is 18.8. The summed E-state index contributed by atoms with van der Waals surface area (Å²) >= 11 is 0. The molecule has 0 radical (unpaired) electrons. The van der Waals surface area contributed by atoms with E-state index in [0.29, 0.717) is 0 Å². The van der Waals surface area contributed by atoms with Crippen molar-refractivity contribution in [2.75, 3.05) is 6.61 Å². The third kappa shape index (κ3) is 10.2. The van der Waals surface area contributed by atoms with Gasteiger partial charge >= 0.3 is 17.9 Å². The molecule has 0 unspecified atom stereocenters. The second-order valence-electron chi connectivity index (χ2n) is 11.4. The Labute approximate surface area is 275 Å². The van der Waals surface area contributed by atoms with Crippen molar-refractivity contribution in [1.82, 2.24) is 0 Å². The van der Waals surface area contributed by atoms with Crippen LogP contribution < -0.4 is 0 Å². The highest BCUT2D eigenvalue weighted by Crippen LogP contribution is 2.35. The molecule has 2 heterocycles. The molecule has 2 aromatic carbocycles. The van der Waals surface area contributed by atoms with E-state index in [0.717, 1.165) is 11.1 Å². The highest BCUT2D eigenvalue weighted by Gasteiger charge is 2.54. The fourth-order valence-electron chi connectivity index (χ4n) is 5.59. The van der Waals surface area contributed by atoms with E-state index in [1.807, 2.05) is 60.7 Å². The molecule has 4 rings (SSSR count). The van der Waals surface area contributed by atoms with Crippen LogP contribution in [-0.4, -0.2) is 85.9 Å². The second kappa shape index (κ2) is 17.5. The minimum absolute atomic E-state index is 0.105. The highest BCUT2D eigenvalue weighted by atomic mass is 16.8. The number of carbonyl (C=O) groups excluding carboxylic acids is 3. The molecule has 0 bridgehead atoms. The fourth-order valence-corrected chi connectivity index (χ4v) is 5.59. The van der Waals surface area contributed by atoms with E-state index in [9.17, 15) is 14.4 Å². The molecule has 2 saturated heterocycles. The number of carbonyl (C=O) groups is 3. The Hall–Kier alpha value is -3.65. The van der Waals surface area contributed by atoms with Gasteiger partial charge in [-0.1, -0.05) is 66.7 Å². The number of hydrogen-bond acceptors (Lipinski definition) is 12. The topological polar surface area (TPSA) is 134 Å². The third-order valence-electron chi connectivity index (χ3n) is 7.60. The Kier molecular flexibility index (Phi) is 13.5. The fraction of sp³-hybridized carbons (Fsp3) is 0.514. The smallest absolute Gasteiger partial charge is 0.303 e. The molecule has 0 spiro atoms. The molecule has 12 heteroatoms. The van der Waals surface area contributed by atoms with E-state index >= 15 is 0 Å². The van der Waals surface area contributed by atoms with E-state index in [2.05, 4.69) is 6.58 Å². The van der Waals surface area contributed by atoms with Crippen molar-refractivity contribution < 1.29 is 57.0 Å². The Morgan fingerprint density at radius 2 is 1.04 bits per heavy atom. The van der Waals surface area contributed by atoms with Crippen LogP contribution in [0.5, 0.6) is 0 Å². The Bertz CT molecular complexity index is 1300. The molecule has 0 N–H and O–H groups in total. The van der Waals surface area contributed by atoms with E-state index in [1.54, 1.807) is 19.9 Å². The van der Waals surface area contributed by atoms with Gasteiger partial charge in [-0.05, 0) is 25.0 Å². The highest BCUT2D eigenvalue weighted by molar-refractivity contribution is 5.67. The molecule has 0 aliphatic carbocycles. The van der Waals surface area contributed by atoms with Crippen molar-refractivity contribution in [2.45, 2.75) is 109 Å². The van der Waals surface area contributed by atoms with Gasteiger partial charge in [-0.15, -0.1) is 6.58 Å². The molecule has 0 amide bonds. The van der Waals surface area contributed by atoms with Gasteiger partial charge in [-0.25, -0.2) is 0 Å². The third-order valence-corrected chi connectivity index (χ3v) is 7.60. The molecule has 47 heavy (non-hydrogen) atoms. The quantitative estimate of drug-likeness (QED) is 0.165. The maximum absolute atomic E-state index is 12.5.